The van der Waals surface area contributed by atoms with Gasteiger partial charge in [0.2, 0.25) is 0 Å². The van der Waals surface area contributed by atoms with Crippen LogP contribution in [0.25, 0.3) is 0 Å². The molecule has 3 aliphatic rings. The first-order valence-corrected chi connectivity index (χ1v) is 11.7. The molecule has 0 aromatic heterocycles. The van der Waals surface area contributed by atoms with Gasteiger partial charge in [-0.1, -0.05) is 25.7 Å². The van der Waals surface area contributed by atoms with Gasteiger partial charge in [-0.05, 0) is 107 Å². The fraction of sp³-hybridized carbons (Fsp3) is 0.917. The van der Waals surface area contributed by atoms with Crippen LogP contribution >= 0.6 is 0 Å². The molecule has 2 saturated carbocycles. The van der Waals surface area contributed by atoms with Crippen LogP contribution in [0.5, 0.6) is 0 Å². The lowest BCUT2D eigenvalue weighted by atomic mass is 9.66. The summed E-state index contributed by atoms with van der Waals surface area (Å²) in [4.78, 5) is 0. The van der Waals surface area contributed by atoms with Crippen LogP contribution in [0, 0.1) is 29.6 Å². The third-order valence-corrected chi connectivity index (χ3v) is 7.95. The molecular weight excluding hydrogens is 342 g/mol. The molecule has 27 heavy (non-hydrogen) atoms. The first kappa shape index (κ1) is 21.3. The topological polar surface area (TPSA) is 9.23 Å². The quantitative estimate of drug-likeness (QED) is 0.409. The first-order chi connectivity index (χ1) is 13.1. The van der Waals surface area contributed by atoms with Crippen LogP contribution in [-0.4, -0.2) is 12.7 Å². The second kappa shape index (κ2) is 10.9. The van der Waals surface area contributed by atoms with E-state index in [9.17, 15) is 8.78 Å². The number of unbranched alkanes of at least 4 members (excludes halogenated alkanes) is 2. The highest BCUT2D eigenvalue weighted by Crippen LogP contribution is 2.44. The van der Waals surface area contributed by atoms with Crippen LogP contribution in [0.15, 0.2) is 12.2 Å². The number of hydrogen-bond acceptors (Lipinski definition) is 1. The van der Waals surface area contributed by atoms with Crippen LogP contribution < -0.4 is 0 Å². The van der Waals surface area contributed by atoms with Crippen molar-refractivity contribution < 1.29 is 13.5 Å². The number of ether oxygens (including phenoxy) is 1. The molecule has 2 aliphatic carbocycles. The molecule has 1 saturated heterocycles. The van der Waals surface area contributed by atoms with Gasteiger partial charge in [0.25, 0.3) is 6.08 Å². The summed E-state index contributed by atoms with van der Waals surface area (Å²) in [7, 11) is 0. The van der Waals surface area contributed by atoms with Crippen LogP contribution in [0.1, 0.15) is 96.8 Å². The Hall–Kier alpha value is -0.440. The molecule has 0 N–H and O–H groups in total. The van der Waals surface area contributed by atoms with Gasteiger partial charge in [0, 0.05) is 0 Å². The monoisotopic (exact) mass is 382 g/mol. The second-order valence-electron chi connectivity index (χ2n) is 9.72. The molecule has 0 aromatic rings. The summed E-state index contributed by atoms with van der Waals surface area (Å²) in [5, 5.41) is 0. The highest BCUT2D eigenvalue weighted by Gasteiger charge is 2.34. The lowest BCUT2D eigenvalue weighted by Gasteiger charge is -2.41. The minimum atomic E-state index is -1.52. The predicted molar refractivity (Wildman–Crippen MR) is 108 cm³/mol. The Bertz CT molecular complexity index is 435. The SMILES string of the molecule is CC1CCC(C2CCC(C3CCC(CCCCC=C(F)F)CC3)CC2)CO1. The van der Waals surface area contributed by atoms with Crippen molar-refractivity contribution in [3.05, 3.63) is 12.2 Å². The average Bonchev–Trinajstić information content (AvgIpc) is 2.69. The zero-order valence-electron chi connectivity index (χ0n) is 17.3. The Morgan fingerprint density at radius 2 is 1.33 bits per heavy atom. The van der Waals surface area contributed by atoms with Crippen molar-refractivity contribution in [2.45, 2.75) is 103 Å². The third-order valence-electron chi connectivity index (χ3n) is 7.95. The second-order valence-corrected chi connectivity index (χ2v) is 9.72. The minimum Gasteiger partial charge on any atom is -0.378 e. The van der Waals surface area contributed by atoms with Gasteiger partial charge < -0.3 is 4.74 Å². The highest BCUT2D eigenvalue weighted by atomic mass is 19.3. The van der Waals surface area contributed by atoms with E-state index in [0.717, 1.165) is 55.1 Å². The molecule has 3 fully saturated rings. The van der Waals surface area contributed by atoms with E-state index in [1.807, 2.05) is 0 Å². The van der Waals surface area contributed by atoms with Gasteiger partial charge in [-0.3, -0.25) is 0 Å². The molecule has 3 heteroatoms. The molecule has 3 rings (SSSR count). The fourth-order valence-electron chi connectivity index (χ4n) is 6.10. The summed E-state index contributed by atoms with van der Waals surface area (Å²) >= 11 is 0. The van der Waals surface area contributed by atoms with E-state index >= 15 is 0 Å². The van der Waals surface area contributed by atoms with Gasteiger partial charge in [0.1, 0.15) is 0 Å². The van der Waals surface area contributed by atoms with Crippen LogP contribution in [0.3, 0.4) is 0 Å². The Kier molecular flexibility index (Phi) is 8.61. The molecule has 1 nitrogen and oxygen atoms in total. The van der Waals surface area contributed by atoms with Crippen molar-refractivity contribution in [1.29, 1.82) is 0 Å². The van der Waals surface area contributed by atoms with Crippen molar-refractivity contribution in [1.82, 2.24) is 0 Å². The number of halogens is 2. The molecule has 0 aromatic carbocycles. The van der Waals surface area contributed by atoms with Crippen LogP contribution in [-0.2, 0) is 4.74 Å². The molecule has 0 radical (unpaired) electrons. The molecule has 1 heterocycles. The van der Waals surface area contributed by atoms with Gasteiger partial charge in [-0.25, -0.2) is 0 Å². The molecule has 0 bridgehead atoms. The first-order valence-electron chi connectivity index (χ1n) is 11.7. The largest absolute Gasteiger partial charge is 0.378 e. The minimum absolute atomic E-state index is 0.481. The number of hydrogen-bond donors (Lipinski definition) is 0. The molecule has 2 unspecified atom stereocenters. The van der Waals surface area contributed by atoms with Crippen molar-refractivity contribution >= 4 is 0 Å². The van der Waals surface area contributed by atoms with Gasteiger partial charge in [0.05, 0.1) is 12.7 Å². The van der Waals surface area contributed by atoms with Gasteiger partial charge in [-0.2, -0.15) is 8.78 Å². The smallest absolute Gasteiger partial charge is 0.266 e. The molecular formula is C24H40F2O. The van der Waals surface area contributed by atoms with Crippen molar-refractivity contribution in [2.75, 3.05) is 6.61 Å². The van der Waals surface area contributed by atoms with E-state index < -0.39 is 6.08 Å². The van der Waals surface area contributed by atoms with Gasteiger partial charge in [0.15, 0.2) is 0 Å². The third kappa shape index (κ3) is 6.84. The van der Waals surface area contributed by atoms with E-state index in [4.69, 9.17) is 4.74 Å². The van der Waals surface area contributed by atoms with Gasteiger partial charge in [-0.15, -0.1) is 0 Å². The summed E-state index contributed by atoms with van der Waals surface area (Å²) in [6.07, 6.45) is 17.9. The fourth-order valence-corrected chi connectivity index (χ4v) is 6.10. The number of allylic oxidation sites excluding steroid dienone is 1. The summed E-state index contributed by atoms with van der Waals surface area (Å²) in [5.41, 5.74) is 0. The zero-order valence-corrected chi connectivity index (χ0v) is 17.3. The molecule has 0 spiro atoms. The van der Waals surface area contributed by atoms with Crippen molar-refractivity contribution in [2.24, 2.45) is 29.6 Å². The maximum absolute atomic E-state index is 12.0. The van der Waals surface area contributed by atoms with Crippen LogP contribution in [0.4, 0.5) is 8.78 Å². The Labute approximate surface area is 165 Å². The van der Waals surface area contributed by atoms with Gasteiger partial charge >= 0.3 is 0 Å². The molecule has 0 amide bonds. The summed E-state index contributed by atoms with van der Waals surface area (Å²) in [6.45, 7) is 3.22. The molecule has 2 atom stereocenters. The summed E-state index contributed by atoms with van der Waals surface area (Å²) < 4.78 is 30.0. The van der Waals surface area contributed by atoms with E-state index in [1.165, 1.54) is 70.6 Å². The zero-order chi connectivity index (χ0) is 19.1. The Balaban J connectivity index is 1.29. The number of rotatable bonds is 7. The molecule has 1 aliphatic heterocycles. The molecule has 156 valence electrons. The van der Waals surface area contributed by atoms with E-state index in [1.54, 1.807) is 0 Å². The van der Waals surface area contributed by atoms with Crippen molar-refractivity contribution in [3.8, 4) is 0 Å². The Morgan fingerprint density at radius 3 is 1.89 bits per heavy atom. The maximum atomic E-state index is 12.0. The van der Waals surface area contributed by atoms with E-state index in [-0.39, 0.29) is 0 Å². The highest BCUT2D eigenvalue weighted by molar-refractivity contribution is 4.85. The standard InChI is InChI=1S/C24H40F2O/c1-18-7-10-23(17-27-18)22-15-13-21(14-16-22)20-11-8-19(9-12-20)5-3-2-4-6-24(25)26/h6,18-23H,2-5,7-17H2,1H3. The lowest BCUT2D eigenvalue weighted by molar-refractivity contribution is -0.0318. The predicted octanol–water partition coefficient (Wildman–Crippen LogP) is 7.76. The van der Waals surface area contributed by atoms with E-state index in [2.05, 4.69) is 6.92 Å². The average molecular weight is 383 g/mol. The lowest BCUT2D eigenvalue weighted by Crippen LogP contribution is -2.33. The Morgan fingerprint density at radius 1 is 0.778 bits per heavy atom. The normalized spacial score (nSPS) is 37.7. The maximum Gasteiger partial charge on any atom is 0.266 e. The van der Waals surface area contributed by atoms with Crippen LogP contribution in [0.2, 0.25) is 0 Å². The summed E-state index contributed by atoms with van der Waals surface area (Å²) in [6, 6.07) is 0. The summed E-state index contributed by atoms with van der Waals surface area (Å²) in [5.74, 6) is 4.56. The van der Waals surface area contributed by atoms with Crippen molar-refractivity contribution in [3.63, 3.8) is 0 Å². The van der Waals surface area contributed by atoms with E-state index in [0.29, 0.717) is 12.5 Å².